The molecule has 0 saturated heterocycles. The van der Waals surface area contributed by atoms with Crippen LogP contribution in [0.2, 0.25) is 0 Å². The van der Waals surface area contributed by atoms with Gasteiger partial charge in [0, 0.05) is 12.0 Å². The number of nitrogens with zero attached hydrogens (tertiary/aromatic N) is 2. The number of carboxylic acid groups (broad SMARTS) is 1. The first kappa shape index (κ1) is 15.2. The van der Waals surface area contributed by atoms with Crippen molar-refractivity contribution >= 4 is 5.97 Å². The van der Waals surface area contributed by atoms with E-state index in [1.165, 1.54) is 0 Å². The number of carbonyl (C=O) groups is 1. The van der Waals surface area contributed by atoms with Gasteiger partial charge in [-0.05, 0) is 31.4 Å². The molecule has 0 aliphatic carbocycles. The molecule has 0 saturated carbocycles. The van der Waals surface area contributed by atoms with Gasteiger partial charge in [-0.25, -0.2) is 0 Å². The lowest BCUT2D eigenvalue weighted by Crippen LogP contribution is -2.19. The highest BCUT2D eigenvalue weighted by atomic mass is 16.4. The standard InChI is InChI=1S/C16H20N2O3/c1-10-5-11(2)7-12(6-10)15-18-17-13(21-15)8-16(3,4)9-14(19)20/h5-7H,8-9H2,1-4H3,(H,19,20). The lowest BCUT2D eigenvalue weighted by atomic mass is 9.86. The third kappa shape index (κ3) is 4.15. The summed E-state index contributed by atoms with van der Waals surface area (Å²) in [7, 11) is 0. The summed E-state index contributed by atoms with van der Waals surface area (Å²) in [5.74, 6) is 0.118. The summed E-state index contributed by atoms with van der Waals surface area (Å²) in [6.07, 6.45) is 0.505. The number of carboxylic acids is 1. The average molecular weight is 288 g/mol. The highest BCUT2D eigenvalue weighted by Gasteiger charge is 2.25. The Morgan fingerprint density at radius 2 is 1.81 bits per heavy atom. The molecule has 0 aliphatic rings. The van der Waals surface area contributed by atoms with E-state index in [4.69, 9.17) is 9.52 Å². The van der Waals surface area contributed by atoms with Crippen molar-refractivity contribution in [3.63, 3.8) is 0 Å². The molecule has 5 heteroatoms. The van der Waals surface area contributed by atoms with Gasteiger partial charge in [0.2, 0.25) is 11.8 Å². The number of aliphatic carboxylic acids is 1. The Morgan fingerprint density at radius 3 is 2.38 bits per heavy atom. The molecule has 2 rings (SSSR count). The van der Waals surface area contributed by atoms with Gasteiger partial charge in [-0.1, -0.05) is 31.0 Å². The van der Waals surface area contributed by atoms with Crippen LogP contribution in [0.4, 0.5) is 0 Å². The van der Waals surface area contributed by atoms with Gasteiger partial charge in [-0.2, -0.15) is 0 Å². The molecule has 112 valence electrons. The van der Waals surface area contributed by atoms with E-state index in [0.29, 0.717) is 18.2 Å². The molecule has 2 aromatic rings. The van der Waals surface area contributed by atoms with Crippen molar-refractivity contribution in [2.24, 2.45) is 5.41 Å². The van der Waals surface area contributed by atoms with Gasteiger partial charge < -0.3 is 9.52 Å². The van der Waals surface area contributed by atoms with Crippen LogP contribution in [-0.4, -0.2) is 21.3 Å². The number of rotatable bonds is 5. The molecule has 1 aromatic heterocycles. The molecule has 0 amide bonds. The molecule has 0 unspecified atom stereocenters. The van der Waals surface area contributed by atoms with Crippen molar-refractivity contribution in [3.8, 4) is 11.5 Å². The highest BCUT2D eigenvalue weighted by molar-refractivity contribution is 5.67. The molecule has 0 radical (unpaired) electrons. The van der Waals surface area contributed by atoms with Crippen LogP contribution in [0.25, 0.3) is 11.5 Å². The predicted molar refractivity (Wildman–Crippen MR) is 78.9 cm³/mol. The van der Waals surface area contributed by atoms with Gasteiger partial charge in [0.1, 0.15) is 0 Å². The van der Waals surface area contributed by atoms with Crippen LogP contribution >= 0.6 is 0 Å². The van der Waals surface area contributed by atoms with E-state index in [-0.39, 0.29) is 6.42 Å². The minimum atomic E-state index is -0.825. The molecule has 0 spiro atoms. The molecule has 1 N–H and O–H groups in total. The Bertz CT molecular complexity index is 639. The second kappa shape index (κ2) is 5.68. The van der Waals surface area contributed by atoms with Crippen LogP contribution in [0.3, 0.4) is 0 Å². The maximum Gasteiger partial charge on any atom is 0.303 e. The van der Waals surface area contributed by atoms with Gasteiger partial charge in [0.15, 0.2) is 0 Å². The van der Waals surface area contributed by atoms with Crippen LogP contribution < -0.4 is 0 Å². The molecule has 0 aliphatic heterocycles. The Morgan fingerprint density at radius 1 is 1.19 bits per heavy atom. The summed E-state index contributed by atoms with van der Waals surface area (Å²) in [4.78, 5) is 10.8. The Kier molecular flexibility index (Phi) is 4.11. The monoisotopic (exact) mass is 288 g/mol. The second-order valence-corrected chi connectivity index (χ2v) is 6.29. The zero-order chi connectivity index (χ0) is 15.6. The summed E-state index contributed by atoms with van der Waals surface area (Å²) in [6.45, 7) is 7.79. The maximum atomic E-state index is 10.8. The summed E-state index contributed by atoms with van der Waals surface area (Å²) in [6, 6.07) is 6.07. The molecule has 21 heavy (non-hydrogen) atoms. The lowest BCUT2D eigenvalue weighted by Gasteiger charge is -2.19. The number of aromatic nitrogens is 2. The van der Waals surface area contributed by atoms with E-state index in [1.807, 2.05) is 39.8 Å². The van der Waals surface area contributed by atoms with Crippen LogP contribution in [0.5, 0.6) is 0 Å². The average Bonchev–Trinajstić information content (AvgIpc) is 2.73. The van der Waals surface area contributed by atoms with E-state index >= 15 is 0 Å². The van der Waals surface area contributed by atoms with E-state index in [9.17, 15) is 4.79 Å². The fraction of sp³-hybridized carbons (Fsp3) is 0.438. The number of hydrogen-bond acceptors (Lipinski definition) is 4. The van der Waals surface area contributed by atoms with Crippen LogP contribution in [0.1, 0.15) is 37.3 Å². The summed E-state index contributed by atoms with van der Waals surface area (Å²) >= 11 is 0. The molecular formula is C16H20N2O3. The molecule has 1 aromatic carbocycles. The summed E-state index contributed by atoms with van der Waals surface area (Å²) in [5, 5.41) is 17.0. The van der Waals surface area contributed by atoms with E-state index < -0.39 is 11.4 Å². The van der Waals surface area contributed by atoms with Crippen molar-refractivity contribution in [2.75, 3.05) is 0 Å². The molecule has 0 bridgehead atoms. The van der Waals surface area contributed by atoms with E-state index in [2.05, 4.69) is 16.3 Å². The van der Waals surface area contributed by atoms with Gasteiger partial charge in [-0.3, -0.25) is 4.79 Å². The Hall–Kier alpha value is -2.17. The Balaban J connectivity index is 2.20. The largest absolute Gasteiger partial charge is 0.481 e. The normalized spacial score (nSPS) is 11.6. The molecular weight excluding hydrogens is 268 g/mol. The van der Waals surface area contributed by atoms with E-state index in [0.717, 1.165) is 16.7 Å². The van der Waals surface area contributed by atoms with Crippen molar-refractivity contribution < 1.29 is 14.3 Å². The van der Waals surface area contributed by atoms with E-state index in [1.54, 1.807) is 0 Å². The summed E-state index contributed by atoms with van der Waals surface area (Å²) in [5.41, 5.74) is 2.74. The smallest absolute Gasteiger partial charge is 0.303 e. The first-order chi connectivity index (χ1) is 9.75. The van der Waals surface area contributed by atoms with Crippen molar-refractivity contribution in [3.05, 3.63) is 35.2 Å². The SMILES string of the molecule is Cc1cc(C)cc(-c2nnc(CC(C)(C)CC(=O)O)o2)c1. The lowest BCUT2D eigenvalue weighted by molar-refractivity contribution is -0.139. The highest BCUT2D eigenvalue weighted by Crippen LogP contribution is 2.27. The molecule has 0 atom stereocenters. The number of benzene rings is 1. The van der Waals surface area contributed by atoms with Gasteiger partial charge in [-0.15, -0.1) is 10.2 Å². The zero-order valence-corrected chi connectivity index (χ0v) is 12.8. The Labute approximate surface area is 124 Å². The molecule has 1 heterocycles. The van der Waals surface area contributed by atoms with Crippen LogP contribution in [-0.2, 0) is 11.2 Å². The topological polar surface area (TPSA) is 76.2 Å². The fourth-order valence-corrected chi connectivity index (χ4v) is 2.42. The third-order valence-electron chi connectivity index (χ3n) is 3.20. The maximum absolute atomic E-state index is 10.8. The minimum absolute atomic E-state index is 0.0638. The first-order valence-electron chi connectivity index (χ1n) is 6.88. The zero-order valence-electron chi connectivity index (χ0n) is 12.8. The van der Waals surface area contributed by atoms with Crippen molar-refractivity contribution in [2.45, 2.75) is 40.5 Å². The minimum Gasteiger partial charge on any atom is -0.481 e. The van der Waals surface area contributed by atoms with Gasteiger partial charge in [0.05, 0.1) is 6.42 Å². The third-order valence-corrected chi connectivity index (χ3v) is 3.20. The van der Waals surface area contributed by atoms with Crippen LogP contribution in [0.15, 0.2) is 22.6 Å². The molecule has 0 fully saturated rings. The summed E-state index contributed by atoms with van der Waals surface area (Å²) < 4.78 is 5.68. The predicted octanol–water partition coefficient (Wildman–Crippen LogP) is 3.40. The number of aryl methyl sites for hydroxylation is 2. The number of hydrogen-bond donors (Lipinski definition) is 1. The van der Waals surface area contributed by atoms with Crippen molar-refractivity contribution in [1.29, 1.82) is 0 Å². The quantitative estimate of drug-likeness (QED) is 0.912. The second-order valence-electron chi connectivity index (χ2n) is 6.29. The fourth-order valence-electron chi connectivity index (χ4n) is 2.42. The van der Waals surface area contributed by atoms with Crippen LogP contribution in [0, 0.1) is 19.3 Å². The molecule has 5 nitrogen and oxygen atoms in total. The van der Waals surface area contributed by atoms with Crippen molar-refractivity contribution in [1.82, 2.24) is 10.2 Å². The van der Waals surface area contributed by atoms with Gasteiger partial charge in [0.25, 0.3) is 0 Å². The first-order valence-corrected chi connectivity index (χ1v) is 6.88. The van der Waals surface area contributed by atoms with Gasteiger partial charge >= 0.3 is 5.97 Å².